The normalized spacial score (nSPS) is 21.0. The molecule has 29 heavy (non-hydrogen) atoms. The van der Waals surface area contributed by atoms with Gasteiger partial charge in [0.1, 0.15) is 5.82 Å². The van der Waals surface area contributed by atoms with Crippen molar-refractivity contribution in [3.05, 3.63) is 41.9 Å². The van der Waals surface area contributed by atoms with Gasteiger partial charge in [-0.25, -0.2) is 4.98 Å². The molecule has 2 fully saturated rings. The van der Waals surface area contributed by atoms with Crippen LogP contribution in [0.5, 0.6) is 0 Å². The number of fused-ring (bicyclic) bond motifs is 1. The van der Waals surface area contributed by atoms with Crippen molar-refractivity contribution in [2.45, 2.75) is 44.7 Å². The van der Waals surface area contributed by atoms with E-state index in [-0.39, 0.29) is 23.9 Å². The first-order valence-electron chi connectivity index (χ1n) is 10.3. The van der Waals surface area contributed by atoms with Gasteiger partial charge in [-0.3, -0.25) is 14.3 Å². The number of pyridine rings is 1. The van der Waals surface area contributed by atoms with Crippen molar-refractivity contribution in [3.63, 3.8) is 0 Å². The second-order valence-electron chi connectivity index (χ2n) is 7.84. The van der Waals surface area contributed by atoms with Crippen LogP contribution in [0.1, 0.15) is 30.5 Å². The smallest absolute Gasteiger partial charge is 0.225 e. The van der Waals surface area contributed by atoms with Gasteiger partial charge < -0.3 is 15.1 Å². The van der Waals surface area contributed by atoms with Crippen LogP contribution >= 0.6 is 0 Å². The van der Waals surface area contributed by atoms with E-state index in [1.807, 2.05) is 42.0 Å². The van der Waals surface area contributed by atoms with E-state index in [2.05, 4.69) is 15.4 Å². The lowest BCUT2D eigenvalue weighted by molar-refractivity contribution is -0.132. The molecule has 2 aliphatic heterocycles. The molecule has 4 heterocycles. The lowest BCUT2D eigenvalue weighted by Crippen LogP contribution is -2.41. The molecule has 0 aliphatic carbocycles. The number of rotatable bonds is 7. The fourth-order valence-electron chi connectivity index (χ4n) is 4.52. The van der Waals surface area contributed by atoms with Gasteiger partial charge in [0, 0.05) is 57.6 Å². The summed E-state index contributed by atoms with van der Waals surface area (Å²) in [6, 6.07) is 6.01. The number of nitrogens with one attached hydrogen (secondary N) is 1. The van der Waals surface area contributed by atoms with Crippen LogP contribution in [-0.4, -0.2) is 68.1 Å². The first-order valence-corrected chi connectivity index (χ1v) is 10.3. The zero-order valence-corrected chi connectivity index (χ0v) is 17.0. The average Bonchev–Trinajstić information content (AvgIpc) is 3.38. The summed E-state index contributed by atoms with van der Waals surface area (Å²) in [4.78, 5) is 33.6. The second kappa shape index (κ2) is 8.23. The summed E-state index contributed by atoms with van der Waals surface area (Å²) in [6.45, 7) is 4.03. The number of amides is 2. The SMILES string of the molecule is Cc1cccnc1NCCN1C(=O)C[C@H]2[C@@H]1CCN2C(=O)CCc1ccnn1C. The maximum atomic E-state index is 12.8. The van der Waals surface area contributed by atoms with Crippen LogP contribution in [0.25, 0.3) is 0 Å². The van der Waals surface area contributed by atoms with E-state index >= 15 is 0 Å². The Morgan fingerprint density at radius 3 is 2.90 bits per heavy atom. The number of carbonyl (C=O) groups excluding carboxylic acids is 2. The molecule has 0 bridgehead atoms. The van der Waals surface area contributed by atoms with Crippen molar-refractivity contribution in [2.24, 2.45) is 7.05 Å². The Hall–Kier alpha value is -2.90. The van der Waals surface area contributed by atoms with Crippen molar-refractivity contribution in [1.29, 1.82) is 0 Å². The van der Waals surface area contributed by atoms with E-state index in [0.717, 1.165) is 30.0 Å². The number of anilines is 1. The number of aryl methyl sites for hydroxylation is 3. The molecule has 2 saturated heterocycles. The molecule has 2 atom stereocenters. The van der Waals surface area contributed by atoms with Gasteiger partial charge >= 0.3 is 0 Å². The van der Waals surface area contributed by atoms with Gasteiger partial charge in [-0.15, -0.1) is 0 Å². The molecule has 4 rings (SSSR count). The molecule has 0 saturated carbocycles. The van der Waals surface area contributed by atoms with Gasteiger partial charge in [0.05, 0.1) is 12.1 Å². The number of hydrogen-bond acceptors (Lipinski definition) is 5. The molecule has 0 radical (unpaired) electrons. The lowest BCUT2D eigenvalue weighted by atomic mass is 10.1. The third-order valence-corrected chi connectivity index (χ3v) is 6.11. The van der Waals surface area contributed by atoms with Crippen molar-refractivity contribution < 1.29 is 9.59 Å². The number of nitrogens with zero attached hydrogens (tertiary/aromatic N) is 5. The largest absolute Gasteiger partial charge is 0.368 e. The maximum Gasteiger partial charge on any atom is 0.225 e. The van der Waals surface area contributed by atoms with E-state index < -0.39 is 0 Å². The molecule has 0 aromatic carbocycles. The van der Waals surface area contributed by atoms with E-state index in [1.54, 1.807) is 17.1 Å². The molecular weight excluding hydrogens is 368 g/mol. The summed E-state index contributed by atoms with van der Waals surface area (Å²) in [7, 11) is 1.89. The molecule has 1 N–H and O–H groups in total. The first-order chi connectivity index (χ1) is 14.0. The fraction of sp³-hybridized carbons (Fsp3) is 0.524. The molecule has 8 heteroatoms. The number of carbonyl (C=O) groups is 2. The fourth-order valence-corrected chi connectivity index (χ4v) is 4.52. The minimum Gasteiger partial charge on any atom is -0.368 e. The molecular formula is C21H28N6O2. The molecule has 8 nitrogen and oxygen atoms in total. The van der Waals surface area contributed by atoms with Gasteiger partial charge in [0.25, 0.3) is 0 Å². The summed E-state index contributed by atoms with van der Waals surface area (Å²) in [6.07, 6.45) is 5.94. The molecule has 2 aromatic rings. The lowest BCUT2D eigenvalue weighted by Gasteiger charge is -2.25. The van der Waals surface area contributed by atoms with Crippen LogP contribution in [-0.2, 0) is 23.1 Å². The molecule has 2 amide bonds. The summed E-state index contributed by atoms with van der Waals surface area (Å²) in [5.41, 5.74) is 2.14. The Kier molecular flexibility index (Phi) is 5.51. The Bertz CT molecular complexity index is 895. The highest BCUT2D eigenvalue weighted by molar-refractivity contribution is 5.83. The van der Waals surface area contributed by atoms with Crippen molar-refractivity contribution in [3.8, 4) is 0 Å². The average molecular weight is 396 g/mol. The van der Waals surface area contributed by atoms with Gasteiger partial charge in [-0.2, -0.15) is 5.10 Å². The molecule has 0 unspecified atom stereocenters. The quantitative estimate of drug-likeness (QED) is 0.764. The molecule has 2 aliphatic rings. The zero-order chi connectivity index (χ0) is 20.4. The molecule has 0 spiro atoms. The topological polar surface area (TPSA) is 83.4 Å². The van der Waals surface area contributed by atoms with E-state index in [0.29, 0.717) is 32.4 Å². The summed E-state index contributed by atoms with van der Waals surface area (Å²) in [5, 5.41) is 7.47. The standard InChI is InChI=1S/C21H28N6O2/c1-15-4-3-9-22-21(15)23-11-13-27-17-8-12-26(18(17)14-20(27)29)19(28)6-5-16-7-10-24-25(16)2/h3-4,7,9-10,17-18H,5-6,8,11-14H2,1-2H3,(H,22,23)/t17-,18-/m0/s1. The Morgan fingerprint density at radius 1 is 1.28 bits per heavy atom. The van der Waals surface area contributed by atoms with Gasteiger partial charge in [0.2, 0.25) is 11.8 Å². The highest BCUT2D eigenvalue weighted by Crippen LogP contribution is 2.32. The highest BCUT2D eigenvalue weighted by Gasteiger charge is 2.47. The molecule has 2 aromatic heterocycles. The summed E-state index contributed by atoms with van der Waals surface area (Å²) in [5.74, 6) is 1.13. The highest BCUT2D eigenvalue weighted by atomic mass is 16.2. The summed E-state index contributed by atoms with van der Waals surface area (Å²) >= 11 is 0. The van der Waals surface area contributed by atoms with Gasteiger partial charge in [0.15, 0.2) is 0 Å². The maximum absolute atomic E-state index is 12.8. The van der Waals surface area contributed by atoms with E-state index in [1.165, 1.54) is 0 Å². The minimum absolute atomic E-state index is 0.0122. The van der Waals surface area contributed by atoms with Crippen LogP contribution in [0.3, 0.4) is 0 Å². The van der Waals surface area contributed by atoms with Crippen molar-refractivity contribution >= 4 is 17.6 Å². The van der Waals surface area contributed by atoms with Gasteiger partial charge in [-0.1, -0.05) is 6.07 Å². The minimum atomic E-state index is 0.0122. The summed E-state index contributed by atoms with van der Waals surface area (Å²) < 4.78 is 1.80. The monoisotopic (exact) mass is 396 g/mol. The van der Waals surface area contributed by atoms with Crippen LogP contribution in [0, 0.1) is 6.92 Å². The number of hydrogen-bond donors (Lipinski definition) is 1. The number of likely N-dealkylation sites (tertiary alicyclic amines) is 2. The van der Waals surface area contributed by atoms with Crippen LogP contribution in [0.4, 0.5) is 5.82 Å². The van der Waals surface area contributed by atoms with E-state index in [4.69, 9.17) is 0 Å². The predicted octanol–water partition coefficient (Wildman–Crippen LogP) is 1.37. The van der Waals surface area contributed by atoms with Crippen molar-refractivity contribution in [2.75, 3.05) is 25.0 Å². The molecule has 154 valence electrons. The Labute approximate surface area is 170 Å². The van der Waals surface area contributed by atoms with Crippen LogP contribution < -0.4 is 5.32 Å². The van der Waals surface area contributed by atoms with E-state index in [9.17, 15) is 9.59 Å². The van der Waals surface area contributed by atoms with Crippen LogP contribution in [0.15, 0.2) is 30.6 Å². The Morgan fingerprint density at radius 2 is 2.14 bits per heavy atom. The van der Waals surface area contributed by atoms with Crippen molar-refractivity contribution in [1.82, 2.24) is 24.6 Å². The Balaban J connectivity index is 1.31. The third-order valence-electron chi connectivity index (χ3n) is 6.11. The van der Waals surface area contributed by atoms with Gasteiger partial charge in [-0.05, 0) is 37.5 Å². The van der Waals surface area contributed by atoms with Crippen LogP contribution in [0.2, 0.25) is 0 Å². The predicted molar refractivity (Wildman–Crippen MR) is 109 cm³/mol. The zero-order valence-electron chi connectivity index (χ0n) is 17.0. The second-order valence-corrected chi connectivity index (χ2v) is 7.84. The first kappa shape index (κ1) is 19.4. The third kappa shape index (κ3) is 3.97. The number of aromatic nitrogens is 3.